The van der Waals surface area contributed by atoms with Gasteiger partial charge in [-0.1, -0.05) is 26.8 Å². The first-order valence-corrected chi connectivity index (χ1v) is 8.86. The number of hydrogen-bond acceptors (Lipinski definition) is 5. The van der Waals surface area contributed by atoms with Crippen LogP contribution >= 0.6 is 11.8 Å². The molecule has 0 aliphatic heterocycles. The van der Waals surface area contributed by atoms with Crippen molar-refractivity contribution in [1.82, 2.24) is 4.98 Å². The predicted molar refractivity (Wildman–Crippen MR) is 94.4 cm³/mol. The first-order valence-electron chi connectivity index (χ1n) is 7.87. The molecule has 0 bridgehead atoms. The van der Waals surface area contributed by atoms with Crippen molar-refractivity contribution in [3.63, 3.8) is 0 Å². The summed E-state index contributed by atoms with van der Waals surface area (Å²) in [5, 5.41) is 0. The molecule has 0 N–H and O–H groups in total. The van der Waals surface area contributed by atoms with Gasteiger partial charge in [0.15, 0.2) is 0 Å². The zero-order chi connectivity index (χ0) is 17.9. The Hall–Kier alpha value is -2.08. The average molecular weight is 351 g/mol. The Balaban J connectivity index is 0.00000139. The van der Waals surface area contributed by atoms with Crippen molar-refractivity contribution in [2.75, 3.05) is 12.4 Å². The second-order valence-corrected chi connectivity index (χ2v) is 5.57. The molecule has 0 saturated heterocycles. The summed E-state index contributed by atoms with van der Waals surface area (Å²) in [5.74, 6) is 0.211. The number of aromatic nitrogens is 1. The summed E-state index contributed by atoms with van der Waals surface area (Å²) in [6.07, 6.45) is 1.00. The van der Waals surface area contributed by atoms with E-state index in [0.29, 0.717) is 5.75 Å². The summed E-state index contributed by atoms with van der Waals surface area (Å²) in [4.78, 5) is 16.8. The van der Waals surface area contributed by atoms with Gasteiger partial charge in [-0.15, -0.1) is 11.8 Å². The number of halogens is 1. The fourth-order valence-electron chi connectivity index (χ4n) is 1.77. The minimum Gasteiger partial charge on any atom is -0.462 e. The third-order valence-corrected chi connectivity index (χ3v) is 3.52. The zero-order valence-corrected chi connectivity index (χ0v) is 15.2. The van der Waals surface area contributed by atoms with Crippen LogP contribution in [0.3, 0.4) is 0 Å². The first-order chi connectivity index (χ1) is 11.6. The molecule has 0 spiro atoms. The number of esters is 1. The lowest BCUT2D eigenvalue weighted by Gasteiger charge is -2.10. The monoisotopic (exact) mass is 351 g/mol. The molecular formula is C18H22FNO3S. The number of carbonyl (C=O) groups excluding carboxylic acids is 1. The maximum atomic E-state index is 13.3. The van der Waals surface area contributed by atoms with Gasteiger partial charge in [-0.25, -0.2) is 14.2 Å². The number of ether oxygens (including phenoxy) is 2. The molecule has 0 aliphatic rings. The van der Waals surface area contributed by atoms with Crippen LogP contribution in [0.2, 0.25) is 0 Å². The second kappa shape index (κ2) is 10.6. The Morgan fingerprint density at radius 1 is 1.25 bits per heavy atom. The SMILES string of the molecule is CC.CCOC(=O)c1cc(F)cnc1Oc1cccc(SCC)c1. The lowest BCUT2D eigenvalue weighted by Crippen LogP contribution is -2.08. The maximum Gasteiger partial charge on any atom is 0.343 e. The summed E-state index contributed by atoms with van der Waals surface area (Å²) >= 11 is 1.67. The van der Waals surface area contributed by atoms with Crippen molar-refractivity contribution in [1.29, 1.82) is 0 Å². The van der Waals surface area contributed by atoms with Crippen LogP contribution in [0.25, 0.3) is 0 Å². The van der Waals surface area contributed by atoms with Gasteiger partial charge in [0.05, 0.1) is 12.8 Å². The van der Waals surface area contributed by atoms with Crippen molar-refractivity contribution in [3.05, 3.63) is 47.9 Å². The molecule has 2 rings (SSSR count). The molecule has 130 valence electrons. The van der Waals surface area contributed by atoms with E-state index in [1.807, 2.05) is 32.0 Å². The van der Waals surface area contributed by atoms with E-state index in [0.717, 1.165) is 22.9 Å². The molecule has 4 nitrogen and oxygen atoms in total. The molecule has 6 heteroatoms. The maximum absolute atomic E-state index is 13.3. The van der Waals surface area contributed by atoms with Crippen LogP contribution in [0.5, 0.6) is 11.6 Å². The summed E-state index contributed by atoms with van der Waals surface area (Å²) < 4.78 is 23.8. The largest absolute Gasteiger partial charge is 0.462 e. The highest BCUT2D eigenvalue weighted by Crippen LogP contribution is 2.28. The molecule has 0 unspecified atom stereocenters. The van der Waals surface area contributed by atoms with Gasteiger partial charge in [0.2, 0.25) is 5.88 Å². The van der Waals surface area contributed by atoms with Crippen LogP contribution in [0.15, 0.2) is 41.4 Å². The highest BCUT2D eigenvalue weighted by Gasteiger charge is 2.17. The van der Waals surface area contributed by atoms with Crippen molar-refractivity contribution in [2.24, 2.45) is 0 Å². The molecular weight excluding hydrogens is 329 g/mol. The van der Waals surface area contributed by atoms with Crippen molar-refractivity contribution < 1.29 is 18.7 Å². The predicted octanol–water partition coefficient (Wildman–Crippen LogP) is 5.33. The normalized spacial score (nSPS) is 9.71. The number of pyridine rings is 1. The molecule has 24 heavy (non-hydrogen) atoms. The number of thioether (sulfide) groups is 1. The topological polar surface area (TPSA) is 48.4 Å². The van der Waals surface area contributed by atoms with Gasteiger partial charge in [0.25, 0.3) is 0 Å². The van der Waals surface area contributed by atoms with E-state index in [1.54, 1.807) is 24.8 Å². The molecule has 0 aliphatic carbocycles. The van der Waals surface area contributed by atoms with Crippen LogP contribution in [-0.2, 0) is 4.74 Å². The zero-order valence-electron chi connectivity index (χ0n) is 14.3. The molecule has 0 fully saturated rings. The van der Waals surface area contributed by atoms with Gasteiger partial charge in [-0.2, -0.15) is 0 Å². The van der Waals surface area contributed by atoms with Crippen molar-refractivity contribution in [3.8, 4) is 11.6 Å². The van der Waals surface area contributed by atoms with Gasteiger partial charge < -0.3 is 9.47 Å². The van der Waals surface area contributed by atoms with E-state index in [9.17, 15) is 9.18 Å². The van der Waals surface area contributed by atoms with Crippen LogP contribution < -0.4 is 4.74 Å². The number of nitrogens with zero attached hydrogens (tertiary/aromatic N) is 1. The van der Waals surface area contributed by atoms with E-state index >= 15 is 0 Å². The Bertz CT molecular complexity index is 664. The minimum absolute atomic E-state index is 0.0264. The Labute approximate surface area is 146 Å². The molecule has 0 amide bonds. The molecule has 0 saturated carbocycles. The van der Waals surface area contributed by atoms with Crippen molar-refractivity contribution in [2.45, 2.75) is 32.6 Å². The summed E-state index contributed by atoms with van der Waals surface area (Å²) in [6.45, 7) is 7.92. The number of benzene rings is 1. The van der Waals surface area contributed by atoms with Crippen molar-refractivity contribution >= 4 is 17.7 Å². The van der Waals surface area contributed by atoms with Crippen LogP contribution in [0.4, 0.5) is 4.39 Å². The Morgan fingerprint density at radius 2 is 2.00 bits per heavy atom. The Morgan fingerprint density at radius 3 is 2.67 bits per heavy atom. The van der Waals surface area contributed by atoms with Gasteiger partial charge >= 0.3 is 5.97 Å². The number of carbonyl (C=O) groups is 1. The quantitative estimate of drug-likeness (QED) is 0.520. The first kappa shape index (κ1) is 20.0. The summed E-state index contributed by atoms with van der Waals surface area (Å²) in [6, 6.07) is 8.46. The average Bonchev–Trinajstić information content (AvgIpc) is 2.59. The minimum atomic E-state index is -0.663. The third kappa shape index (κ3) is 5.85. The van der Waals surface area contributed by atoms with Gasteiger partial charge in [0, 0.05) is 4.90 Å². The molecule has 1 aromatic heterocycles. The molecule has 1 heterocycles. The summed E-state index contributed by atoms with van der Waals surface area (Å²) in [7, 11) is 0. The van der Waals surface area contributed by atoms with Crippen LogP contribution in [-0.4, -0.2) is 23.3 Å². The third-order valence-electron chi connectivity index (χ3n) is 2.64. The highest BCUT2D eigenvalue weighted by molar-refractivity contribution is 7.99. The summed E-state index contributed by atoms with van der Waals surface area (Å²) in [5.41, 5.74) is -0.0320. The van der Waals surface area contributed by atoms with E-state index in [2.05, 4.69) is 11.9 Å². The molecule has 0 atom stereocenters. The fraction of sp³-hybridized carbons (Fsp3) is 0.333. The molecule has 1 aromatic carbocycles. The lowest BCUT2D eigenvalue weighted by molar-refractivity contribution is 0.0522. The standard InChI is InChI=1S/C16H16FNO3S.C2H6/c1-3-20-16(19)14-8-11(17)10-18-15(14)21-12-6-5-7-13(9-12)22-4-2;1-2/h5-10H,3-4H2,1-2H3;1-2H3. The number of hydrogen-bond donors (Lipinski definition) is 0. The van der Waals surface area contributed by atoms with Gasteiger partial charge in [-0.3, -0.25) is 0 Å². The lowest BCUT2D eigenvalue weighted by atomic mass is 10.2. The van der Waals surface area contributed by atoms with E-state index in [4.69, 9.17) is 9.47 Å². The smallest absolute Gasteiger partial charge is 0.343 e. The highest BCUT2D eigenvalue weighted by atomic mass is 32.2. The van der Waals surface area contributed by atoms with E-state index in [-0.39, 0.29) is 18.1 Å². The van der Waals surface area contributed by atoms with E-state index < -0.39 is 11.8 Å². The van der Waals surface area contributed by atoms with Gasteiger partial charge in [-0.05, 0) is 36.9 Å². The molecule has 0 radical (unpaired) electrons. The van der Waals surface area contributed by atoms with E-state index in [1.165, 1.54) is 0 Å². The second-order valence-electron chi connectivity index (χ2n) is 4.24. The fourth-order valence-corrected chi connectivity index (χ4v) is 2.48. The molecule has 2 aromatic rings. The Kier molecular flexibility index (Phi) is 8.86. The van der Waals surface area contributed by atoms with Crippen LogP contribution in [0.1, 0.15) is 38.1 Å². The van der Waals surface area contributed by atoms with Gasteiger partial charge in [0.1, 0.15) is 17.1 Å². The van der Waals surface area contributed by atoms with Crippen LogP contribution in [0, 0.1) is 5.82 Å². The number of rotatable bonds is 6.